The molecule has 3 unspecified atom stereocenters. The monoisotopic (exact) mass is 781 g/mol. The SMILES string of the molecule is CCCCCC/C=C\CCCCCCCC(=O)NC(COP(=O)([O-])OCC[N+](C)(C)C)C(O)/C=C/CC/C=C/CC/C=C/CCCCCCCCCCC. The first kappa shape index (κ1) is 52.5. The summed E-state index contributed by atoms with van der Waals surface area (Å²) in [6, 6.07) is -0.912. The number of phosphoric acid groups is 1. The molecular weight excluding hydrogens is 695 g/mol. The number of nitrogens with zero attached hydrogens (tertiary/aromatic N) is 1. The van der Waals surface area contributed by atoms with E-state index in [1.165, 1.54) is 96.3 Å². The van der Waals surface area contributed by atoms with Gasteiger partial charge in [-0.15, -0.1) is 0 Å². The summed E-state index contributed by atoms with van der Waals surface area (Å²) in [6.07, 6.45) is 45.9. The van der Waals surface area contributed by atoms with Crippen LogP contribution in [0.3, 0.4) is 0 Å². The van der Waals surface area contributed by atoms with Crippen LogP contribution in [0.2, 0.25) is 0 Å². The number of rotatable bonds is 39. The minimum absolute atomic E-state index is 0.0117. The Morgan fingerprint density at radius 1 is 0.630 bits per heavy atom. The standard InChI is InChI=1S/C45H85N2O6P/c1-6-8-10-12-14-16-18-20-21-22-23-24-25-27-28-30-32-34-36-38-44(48)43(42-53-54(50,51)52-41-40-47(3,4)5)46-45(49)39-37-35-33-31-29-26-19-17-15-13-11-9-7-2/h17,19,23-24,28,30,36,38,43-44,48H,6-16,18,20-22,25-27,29,31-35,37,39-42H2,1-5H3,(H-,46,49,50,51)/b19-17-,24-23+,30-28+,38-36+. The number of phosphoric ester groups is 1. The summed E-state index contributed by atoms with van der Waals surface area (Å²) in [7, 11) is 1.22. The molecule has 0 bridgehead atoms. The summed E-state index contributed by atoms with van der Waals surface area (Å²) >= 11 is 0. The molecule has 0 saturated carbocycles. The molecule has 0 aliphatic carbocycles. The highest BCUT2D eigenvalue weighted by molar-refractivity contribution is 7.45. The van der Waals surface area contributed by atoms with Crippen molar-refractivity contribution in [2.24, 2.45) is 0 Å². The molecule has 0 aromatic carbocycles. The van der Waals surface area contributed by atoms with E-state index in [4.69, 9.17) is 9.05 Å². The number of amides is 1. The van der Waals surface area contributed by atoms with E-state index in [-0.39, 0.29) is 12.5 Å². The van der Waals surface area contributed by atoms with Gasteiger partial charge in [0.1, 0.15) is 13.2 Å². The molecule has 8 nitrogen and oxygen atoms in total. The average Bonchev–Trinajstić information content (AvgIpc) is 3.12. The fourth-order valence-electron chi connectivity index (χ4n) is 5.94. The zero-order valence-electron chi connectivity index (χ0n) is 35.7. The normalized spacial score (nSPS) is 14.9. The van der Waals surface area contributed by atoms with Crippen LogP contribution in [-0.4, -0.2) is 68.5 Å². The second-order valence-corrected chi connectivity index (χ2v) is 17.4. The van der Waals surface area contributed by atoms with Crippen LogP contribution in [0.4, 0.5) is 0 Å². The van der Waals surface area contributed by atoms with Gasteiger partial charge < -0.3 is 28.8 Å². The van der Waals surface area contributed by atoms with Crippen LogP contribution in [0.5, 0.6) is 0 Å². The van der Waals surface area contributed by atoms with Gasteiger partial charge >= 0.3 is 0 Å². The molecule has 54 heavy (non-hydrogen) atoms. The van der Waals surface area contributed by atoms with E-state index < -0.39 is 26.6 Å². The number of unbranched alkanes of at least 4 members (excludes halogenated alkanes) is 20. The van der Waals surface area contributed by atoms with Crippen molar-refractivity contribution >= 4 is 13.7 Å². The Bertz CT molecular complexity index is 1020. The van der Waals surface area contributed by atoms with Gasteiger partial charge in [0.2, 0.25) is 5.91 Å². The summed E-state index contributed by atoms with van der Waals surface area (Å²) < 4.78 is 23.1. The van der Waals surface area contributed by atoms with Crippen molar-refractivity contribution < 1.29 is 32.9 Å². The Morgan fingerprint density at radius 2 is 1.04 bits per heavy atom. The van der Waals surface area contributed by atoms with Crippen molar-refractivity contribution in [3.63, 3.8) is 0 Å². The van der Waals surface area contributed by atoms with Gasteiger partial charge in [-0.3, -0.25) is 9.36 Å². The van der Waals surface area contributed by atoms with E-state index in [0.717, 1.165) is 64.2 Å². The van der Waals surface area contributed by atoms with Gasteiger partial charge in [-0.05, 0) is 70.6 Å². The Hall–Kier alpha value is -1.54. The van der Waals surface area contributed by atoms with Crippen molar-refractivity contribution in [2.45, 2.75) is 193 Å². The number of allylic oxidation sites excluding steroid dienone is 7. The quantitative estimate of drug-likeness (QED) is 0.0278. The van der Waals surface area contributed by atoms with Gasteiger partial charge in [-0.2, -0.15) is 0 Å². The number of nitrogens with one attached hydrogen (secondary N) is 1. The maximum absolute atomic E-state index is 12.8. The molecule has 0 saturated heterocycles. The number of quaternary nitrogens is 1. The van der Waals surface area contributed by atoms with Crippen LogP contribution in [-0.2, 0) is 18.4 Å². The van der Waals surface area contributed by atoms with Crippen LogP contribution in [0, 0.1) is 0 Å². The third-order valence-corrected chi connectivity index (χ3v) is 10.5. The minimum Gasteiger partial charge on any atom is -0.756 e. The molecule has 3 atom stereocenters. The van der Waals surface area contributed by atoms with Crippen molar-refractivity contribution in [1.82, 2.24) is 5.32 Å². The fraction of sp³-hybridized carbons (Fsp3) is 0.800. The number of aliphatic hydroxyl groups is 1. The third-order valence-electron chi connectivity index (χ3n) is 9.49. The van der Waals surface area contributed by atoms with Gasteiger partial charge in [0.15, 0.2) is 0 Å². The second kappa shape index (κ2) is 37.1. The lowest BCUT2D eigenvalue weighted by Gasteiger charge is -2.29. The van der Waals surface area contributed by atoms with E-state index in [1.807, 2.05) is 27.2 Å². The highest BCUT2D eigenvalue weighted by Crippen LogP contribution is 2.38. The van der Waals surface area contributed by atoms with Crippen molar-refractivity contribution in [3.05, 3.63) is 48.6 Å². The lowest BCUT2D eigenvalue weighted by Crippen LogP contribution is -2.45. The van der Waals surface area contributed by atoms with Gasteiger partial charge in [0, 0.05) is 6.42 Å². The molecule has 2 N–H and O–H groups in total. The number of carbonyl (C=O) groups excluding carboxylic acids is 1. The fourth-order valence-corrected chi connectivity index (χ4v) is 6.66. The van der Waals surface area contributed by atoms with Crippen LogP contribution < -0.4 is 10.2 Å². The molecular formula is C45H85N2O6P. The predicted octanol–water partition coefficient (Wildman–Crippen LogP) is 11.4. The number of hydrogen-bond donors (Lipinski definition) is 2. The van der Waals surface area contributed by atoms with E-state index in [0.29, 0.717) is 17.4 Å². The van der Waals surface area contributed by atoms with Crippen molar-refractivity contribution in [3.8, 4) is 0 Å². The summed E-state index contributed by atoms with van der Waals surface area (Å²) in [4.78, 5) is 25.2. The second-order valence-electron chi connectivity index (χ2n) is 16.0. The highest BCUT2D eigenvalue weighted by atomic mass is 31.2. The Balaban J connectivity index is 4.53. The maximum atomic E-state index is 12.8. The maximum Gasteiger partial charge on any atom is 0.268 e. The first-order chi connectivity index (χ1) is 26.0. The number of hydrogen-bond acceptors (Lipinski definition) is 6. The third kappa shape index (κ3) is 38.7. The predicted molar refractivity (Wildman–Crippen MR) is 228 cm³/mol. The number of aliphatic hydroxyl groups excluding tert-OH is 1. The molecule has 0 aliphatic rings. The van der Waals surface area contributed by atoms with Crippen molar-refractivity contribution in [2.75, 3.05) is 40.9 Å². The first-order valence-corrected chi connectivity index (χ1v) is 23.5. The van der Waals surface area contributed by atoms with E-state index in [9.17, 15) is 19.4 Å². The largest absolute Gasteiger partial charge is 0.756 e. The van der Waals surface area contributed by atoms with Crippen molar-refractivity contribution in [1.29, 1.82) is 0 Å². The van der Waals surface area contributed by atoms with E-state index in [2.05, 4.69) is 55.6 Å². The average molecular weight is 781 g/mol. The molecule has 0 spiro atoms. The Kier molecular flexibility index (Phi) is 36.0. The lowest BCUT2D eigenvalue weighted by molar-refractivity contribution is -0.870. The molecule has 0 aliphatic heterocycles. The molecule has 0 aromatic heterocycles. The van der Waals surface area contributed by atoms with E-state index >= 15 is 0 Å². The van der Waals surface area contributed by atoms with Gasteiger partial charge in [-0.25, -0.2) is 0 Å². The molecule has 316 valence electrons. The molecule has 0 fully saturated rings. The summed E-state index contributed by atoms with van der Waals surface area (Å²) in [5.41, 5.74) is 0. The molecule has 9 heteroatoms. The molecule has 1 amide bonds. The topological polar surface area (TPSA) is 108 Å². The lowest BCUT2D eigenvalue weighted by atomic mass is 10.1. The van der Waals surface area contributed by atoms with Gasteiger partial charge in [-0.1, -0.05) is 152 Å². The van der Waals surface area contributed by atoms with Crippen LogP contribution in [0.15, 0.2) is 48.6 Å². The molecule has 0 heterocycles. The zero-order chi connectivity index (χ0) is 40.0. The molecule has 0 aromatic rings. The highest BCUT2D eigenvalue weighted by Gasteiger charge is 2.23. The number of carbonyl (C=O) groups is 1. The Morgan fingerprint density at radius 3 is 1.52 bits per heavy atom. The molecule has 0 rings (SSSR count). The van der Waals surface area contributed by atoms with Crippen LogP contribution >= 0.6 is 7.82 Å². The van der Waals surface area contributed by atoms with Gasteiger partial charge in [0.25, 0.3) is 7.82 Å². The summed E-state index contributed by atoms with van der Waals surface area (Å²) in [5.74, 6) is -0.223. The van der Waals surface area contributed by atoms with Crippen LogP contribution in [0.1, 0.15) is 181 Å². The zero-order valence-corrected chi connectivity index (χ0v) is 36.6. The van der Waals surface area contributed by atoms with Gasteiger partial charge in [0.05, 0.1) is 39.9 Å². The number of likely N-dealkylation sites (N-methyl/N-ethyl adjacent to an activating group) is 1. The van der Waals surface area contributed by atoms with E-state index in [1.54, 1.807) is 6.08 Å². The molecule has 0 radical (unpaired) electrons. The summed E-state index contributed by atoms with van der Waals surface area (Å²) in [5, 5.41) is 13.7. The minimum atomic E-state index is -4.60. The Labute approximate surface area is 333 Å². The smallest absolute Gasteiger partial charge is 0.268 e. The first-order valence-electron chi connectivity index (χ1n) is 22.0. The summed E-state index contributed by atoms with van der Waals surface area (Å²) in [6.45, 7) is 4.58. The van der Waals surface area contributed by atoms with Crippen LogP contribution in [0.25, 0.3) is 0 Å².